The molecule has 2 aromatic carbocycles. The first-order valence-electron chi connectivity index (χ1n) is 11.1. The molecular weight excluding hydrogens is 476 g/mol. The van der Waals surface area contributed by atoms with Crippen molar-refractivity contribution in [2.75, 3.05) is 17.7 Å². The largest absolute Gasteiger partial charge is 0.388 e. The number of aldehydes is 1. The van der Waals surface area contributed by atoms with Crippen molar-refractivity contribution in [3.63, 3.8) is 0 Å². The number of H-pyrrole nitrogens is 1. The number of nitrogens with zero attached hydrogens (tertiary/aromatic N) is 1. The Morgan fingerprint density at radius 1 is 0.914 bits per heavy atom. The molecule has 0 saturated carbocycles. The first-order chi connectivity index (χ1) is 17.2. The maximum Gasteiger partial charge on any atom is 0.211 e. The number of amides is 1. The van der Waals surface area contributed by atoms with Gasteiger partial charge in [0.2, 0.25) is 6.41 Å². The van der Waals surface area contributed by atoms with Gasteiger partial charge in [-0.3, -0.25) is 4.79 Å². The number of hydrogen-bond acceptors (Lipinski definition) is 6. The maximum atomic E-state index is 10.5. The van der Waals surface area contributed by atoms with Crippen LogP contribution in [0.3, 0.4) is 0 Å². The van der Waals surface area contributed by atoms with Gasteiger partial charge in [0.05, 0.1) is 11.0 Å². The van der Waals surface area contributed by atoms with Gasteiger partial charge in [-0.15, -0.1) is 22.7 Å². The fourth-order valence-electron chi connectivity index (χ4n) is 3.12. The molecule has 3 N–H and O–H groups in total. The van der Waals surface area contributed by atoms with Gasteiger partial charge in [-0.1, -0.05) is 19.1 Å². The molecule has 0 unspecified atom stereocenters. The van der Waals surface area contributed by atoms with E-state index < -0.39 is 0 Å². The van der Waals surface area contributed by atoms with Crippen LogP contribution in [0.1, 0.15) is 16.7 Å². The Bertz CT molecular complexity index is 1300. The summed E-state index contributed by atoms with van der Waals surface area (Å²) in [4.78, 5) is 30.8. The van der Waals surface area contributed by atoms with E-state index >= 15 is 0 Å². The number of imidazole rings is 1. The van der Waals surface area contributed by atoms with Gasteiger partial charge < -0.3 is 20.4 Å². The first kappa shape index (κ1) is 25.9. The molecule has 0 bridgehead atoms. The van der Waals surface area contributed by atoms with Gasteiger partial charge in [0, 0.05) is 40.2 Å². The molecule has 35 heavy (non-hydrogen) atoms. The summed E-state index contributed by atoms with van der Waals surface area (Å²) >= 11 is 3.44. The third kappa shape index (κ3) is 7.91. The van der Waals surface area contributed by atoms with E-state index in [1.807, 2.05) is 78.4 Å². The zero-order valence-corrected chi connectivity index (χ0v) is 21.3. The van der Waals surface area contributed by atoms with Crippen LogP contribution in [0.15, 0.2) is 77.5 Å². The second kappa shape index (κ2) is 13.8. The Morgan fingerprint density at radius 3 is 2.14 bits per heavy atom. The fourth-order valence-corrected chi connectivity index (χ4v) is 4.43. The molecule has 0 atom stereocenters. The van der Waals surface area contributed by atoms with Gasteiger partial charge >= 0.3 is 0 Å². The lowest BCUT2D eigenvalue weighted by Gasteiger charge is -2.00. The number of anilines is 2. The quantitative estimate of drug-likeness (QED) is 0.217. The van der Waals surface area contributed by atoms with Crippen LogP contribution >= 0.6 is 22.7 Å². The summed E-state index contributed by atoms with van der Waals surface area (Å²) < 4.78 is 0. The molecule has 1 amide bonds. The summed E-state index contributed by atoms with van der Waals surface area (Å²) in [5.74, 6) is 0.811. The normalized spacial score (nSPS) is 9.89. The predicted molar refractivity (Wildman–Crippen MR) is 149 cm³/mol. The molecule has 3 heterocycles. The van der Waals surface area contributed by atoms with Gasteiger partial charge in [-0.2, -0.15) is 0 Å². The number of aryl methyl sites for hydroxylation is 1. The second-order valence-corrected chi connectivity index (χ2v) is 9.35. The lowest BCUT2D eigenvalue weighted by atomic mass is 10.2. The van der Waals surface area contributed by atoms with Crippen molar-refractivity contribution in [3.05, 3.63) is 87.2 Å². The number of rotatable bonds is 7. The lowest BCUT2D eigenvalue weighted by Crippen LogP contribution is -1.92. The van der Waals surface area contributed by atoms with Crippen molar-refractivity contribution >= 4 is 57.8 Å². The van der Waals surface area contributed by atoms with Crippen molar-refractivity contribution in [1.82, 2.24) is 9.97 Å². The van der Waals surface area contributed by atoms with Crippen molar-refractivity contribution in [1.29, 1.82) is 0 Å². The average molecular weight is 505 g/mol. The van der Waals surface area contributed by atoms with Crippen LogP contribution in [0.4, 0.5) is 11.4 Å². The van der Waals surface area contributed by atoms with E-state index in [0.29, 0.717) is 12.8 Å². The van der Waals surface area contributed by atoms with Crippen LogP contribution in [0.2, 0.25) is 0 Å². The molecule has 0 saturated heterocycles. The molecule has 3 aromatic heterocycles. The van der Waals surface area contributed by atoms with Gasteiger partial charge in [-0.25, -0.2) is 4.98 Å². The molecule has 8 heteroatoms. The molecule has 0 aliphatic rings. The van der Waals surface area contributed by atoms with E-state index in [9.17, 15) is 9.59 Å². The third-order valence-corrected chi connectivity index (χ3v) is 6.87. The zero-order valence-electron chi connectivity index (χ0n) is 19.7. The summed E-state index contributed by atoms with van der Waals surface area (Å²) in [7, 11) is 1.89. The number of aromatic amines is 1. The van der Waals surface area contributed by atoms with Crippen molar-refractivity contribution in [3.8, 4) is 11.4 Å². The van der Waals surface area contributed by atoms with Crippen molar-refractivity contribution in [2.24, 2.45) is 0 Å². The lowest BCUT2D eigenvalue weighted by molar-refractivity contribution is -0.107. The maximum absolute atomic E-state index is 10.5. The standard InChI is InChI=1S/C15H14N4O.C6H6OS.C6H8S/c1-16-11-4-2-10(3-5-11)15-18-13-7-6-12(17-9-20)8-14(13)19-15;7-4-3-6-2-1-5-8-6;1-2-6-4-3-5-7-6/h2-9,16H,1H3,(H,17,20)(H,18,19);1-2,4-5H,3H2;3-5H,2H2,1H3. The van der Waals surface area contributed by atoms with Gasteiger partial charge in [0.15, 0.2) is 0 Å². The molecular formula is C27H28N4O2S2. The van der Waals surface area contributed by atoms with Crippen LogP contribution in [-0.2, 0) is 22.4 Å². The second-order valence-electron chi connectivity index (χ2n) is 7.29. The molecule has 5 rings (SSSR count). The summed E-state index contributed by atoms with van der Waals surface area (Å²) in [5, 5.41) is 9.79. The summed E-state index contributed by atoms with van der Waals surface area (Å²) in [6, 6.07) is 21.7. The summed E-state index contributed by atoms with van der Waals surface area (Å²) in [6.45, 7) is 2.17. The molecule has 0 aliphatic heterocycles. The summed E-state index contributed by atoms with van der Waals surface area (Å²) in [5.41, 5.74) is 4.58. The van der Waals surface area contributed by atoms with Crippen LogP contribution in [-0.4, -0.2) is 29.7 Å². The monoisotopic (exact) mass is 504 g/mol. The molecule has 0 radical (unpaired) electrons. The van der Waals surface area contributed by atoms with E-state index in [1.165, 1.54) is 11.3 Å². The molecule has 0 fully saturated rings. The Labute approximate surface area is 213 Å². The van der Waals surface area contributed by atoms with Gasteiger partial charge in [-0.05, 0) is 71.8 Å². The SMILES string of the molecule is CCc1cccs1.CNc1ccc(-c2nc3ccc(NC=O)cc3[nH]2)cc1.O=CCc1cccs1. The number of aromatic nitrogens is 2. The number of fused-ring (bicyclic) bond motifs is 1. The molecule has 5 aromatic rings. The minimum Gasteiger partial charge on any atom is -0.388 e. The Kier molecular flexibility index (Phi) is 10.2. The minimum absolute atomic E-state index is 0.567. The Hall–Kier alpha value is -3.75. The van der Waals surface area contributed by atoms with Crippen LogP contribution in [0.5, 0.6) is 0 Å². The average Bonchev–Trinajstić information content (AvgIpc) is 3.67. The third-order valence-electron chi connectivity index (χ3n) is 4.95. The number of carbonyl (C=O) groups is 2. The zero-order chi connectivity index (χ0) is 24.9. The molecule has 0 spiro atoms. The highest BCUT2D eigenvalue weighted by Crippen LogP contribution is 2.23. The number of hydrogen-bond donors (Lipinski definition) is 3. The smallest absolute Gasteiger partial charge is 0.211 e. The van der Waals surface area contributed by atoms with Crippen molar-refractivity contribution < 1.29 is 9.59 Å². The molecule has 180 valence electrons. The predicted octanol–water partition coefficient (Wildman–Crippen LogP) is 6.64. The van der Waals surface area contributed by atoms with Crippen LogP contribution < -0.4 is 10.6 Å². The summed E-state index contributed by atoms with van der Waals surface area (Å²) in [6.07, 6.45) is 3.33. The topological polar surface area (TPSA) is 86.9 Å². The molecule has 6 nitrogen and oxygen atoms in total. The highest BCUT2D eigenvalue weighted by Gasteiger charge is 2.06. The highest BCUT2D eigenvalue weighted by atomic mass is 32.1. The van der Waals surface area contributed by atoms with Gasteiger partial charge in [0.1, 0.15) is 12.1 Å². The number of carbonyl (C=O) groups excluding carboxylic acids is 2. The number of nitrogens with one attached hydrogen (secondary N) is 3. The minimum atomic E-state index is 0.567. The molecule has 0 aliphatic carbocycles. The van der Waals surface area contributed by atoms with E-state index in [1.54, 1.807) is 11.3 Å². The number of benzene rings is 2. The van der Waals surface area contributed by atoms with Crippen LogP contribution in [0, 0.1) is 0 Å². The first-order valence-corrected chi connectivity index (χ1v) is 12.9. The number of thiophene rings is 2. The van der Waals surface area contributed by atoms with Gasteiger partial charge in [0.25, 0.3) is 0 Å². The van der Waals surface area contributed by atoms with E-state index in [4.69, 9.17) is 0 Å². The van der Waals surface area contributed by atoms with Crippen LogP contribution in [0.25, 0.3) is 22.4 Å². The van der Waals surface area contributed by atoms with E-state index in [-0.39, 0.29) is 0 Å². The highest BCUT2D eigenvalue weighted by molar-refractivity contribution is 7.10. The van der Waals surface area contributed by atoms with Crippen molar-refractivity contribution in [2.45, 2.75) is 19.8 Å². The van der Waals surface area contributed by atoms with E-state index in [0.717, 1.165) is 45.0 Å². The van der Waals surface area contributed by atoms with E-state index in [2.05, 4.69) is 45.0 Å². The Morgan fingerprint density at radius 2 is 1.60 bits per heavy atom. The Balaban J connectivity index is 0.000000186. The fraction of sp³-hybridized carbons (Fsp3) is 0.148.